The molecule has 0 fully saturated rings. The number of benzene rings is 2. The molecule has 2 aromatic rings. The summed E-state index contributed by atoms with van der Waals surface area (Å²) >= 11 is 3.43. The molecular formula is C17H18BrNO2. The molecule has 0 amide bonds. The van der Waals surface area contributed by atoms with Crippen LogP contribution in [0.1, 0.15) is 17.5 Å². The van der Waals surface area contributed by atoms with Crippen LogP contribution in [0.25, 0.3) is 0 Å². The van der Waals surface area contributed by atoms with Gasteiger partial charge in [-0.05, 0) is 36.2 Å². The Hall–Kier alpha value is -1.81. The molecule has 0 aliphatic rings. The number of aliphatic carboxylic acids is 1. The second-order valence-electron chi connectivity index (χ2n) is 4.98. The van der Waals surface area contributed by atoms with E-state index in [0.29, 0.717) is 13.1 Å². The zero-order valence-corrected chi connectivity index (χ0v) is 13.5. The molecule has 0 atom stereocenters. The SMILES string of the molecule is Cc1ccccc1N(CCC(=O)O)Cc1ccc(Br)cc1. The van der Waals surface area contributed by atoms with Crippen LogP contribution in [0.3, 0.4) is 0 Å². The summed E-state index contributed by atoms with van der Waals surface area (Å²) in [5.74, 6) is -0.774. The molecule has 0 radical (unpaired) electrons. The lowest BCUT2D eigenvalue weighted by molar-refractivity contribution is -0.136. The number of nitrogens with zero attached hydrogens (tertiary/aromatic N) is 1. The second-order valence-corrected chi connectivity index (χ2v) is 5.89. The maximum atomic E-state index is 10.9. The molecule has 3 nitrogen and oxygen atoms in total. The van der Waals surface area contributed by atoms with Crippen LogP contribution in [-0.4, -0.2) is 17.6 Å². The summed E-state index contributed by atoms with van der Waals surface area (Å²) in [6.45, 7) is 3.24. The van der Waals surface area contributed by atoms with Crippen molar-refractivity contribution >= 4 is 27.6 Å². The fourth-order valence-electron chi connectivity index (χ4n) is 2.24. The number of carboxylic acid groups (broad SMARTS) is 1. The van der Waals surface area contributed by atoms with Crippen molar-refractivity contribution in [2.75, 3.05) is 11.4 Å². The Kier molecular flexibility index (Phi) is 5.39. The van der Waals surface area contributed by atoms with E-state index in [1.807, 2.05) is 43.3 Å². The molecule has 110 valence electrons. The number of halogens is 1. The van der Waals surface area contributed by atoms with Gasteiger partial charge in [0.2, 0.25) is 0 Å². The highest BCUT2D eigenvalue weighted by Gasteiger charge is 2.11. The number of aryl methyl sites for hydroxylation is 1. The van der Waals surface area contributed by atoms with Crippen molar-refractivity contribution in [3.05, 3.63) is 64.1 Å². The minimum absolute atomic E-state index is 0.130. The topological polar surface area (TPSA) is 40.5 Å². The average molecular weight is 348 g/mol. The monoisotopic (exact) mass is 347 g/mol. The molecule has 0 aliphatic heterocycles. The van der Waals surface area contributed by atoms with E-state index < -0.39 is 5.97 Å². The van der Waals surface area contributed by atoms with E-state index in [1.54, 1.807) is 0 Å². The molecule has 0 unspecified atom stereocenters. The summed E-state index contributed by atoms with van der Waals surface area (Å²) in [4.78, 5) is 13.0. The highest BCUT2D eigenvalue weighted by Crippen LogP contribution is 2.22. The molecular weight excluding hydrogens is 330 g/mol. The molecule has 0 aromatic heterocycles. The fraction of sp³-hybridized carbons (Fsp3) is 0.235. The fourth-order valence-corrected chi connectivity index (χ4v) is 2.51. The molecule has 0 heterocycles. The first-order valence-electron chi connectivity index (χ1n) is 6.83. The van der Waals surface area contributed by atoms with Crippen LogP contribution in [0, 0.1) is 6.92 Å². The predicted octanol–water partition coefficient (Wildman–Crippen LogP) is 4.24. The standard InChI is InChI=1S/C17H18BrNO2/c1-13-4-2-3-5-16(13)19(11-10-17(20)21)12-14-6-8-15(18)9-7-14/h2-9H,10-12H2,1H3,(H,20,21). The van der Waals surface area contributed by atoms with Crippen molar-refractivity contribution in [2.45, 2.75) is 19.9 Å². The smallest absolute Gasteiger partial charge is 0.305 e. The van der Waals surface area contributed by atoms with Gasteiger partial charge >= 0.3 is 5.97 Å². The van der Waals surface area contributed by atoms with Crippen LogP contribution >= 0.6 is 15.9 Å². The van der Waals surface area contributed by atoms with Gasteiger partial charge in [0.25, 0.3) is 0 Å². The van der Waals surface area contributed by atoms with Gasteiger partial charge in [0.15, 0.2) is 0 Å². The zero-order chi connectivity index (χ0) is 15.2. The maximum Gasteiger partial charge on any atom is 0.305 e. The van der Waals surface area contributed by atoms with Gasteiger partial charge in [-0.15, -0.1) is 0 Å². The summed E-state index contributed by atoms with van der Waals surface area (Å²) in [6.07, 6.45) is 0.130. The second kappa shape index (κ2) is 7.27. The minimum atomic E-state index is -0.774. The third-order valence-electron chi connectivity index (χ3n) is 3.34. The largest absolute Gasteiger partial charge is 0.481 e. The number of para-hydroxylation sites is 1. The molecule has 2 rings (SSSR count). The van der Waals surface area contributed by atoms with Crippen LogP contribution in [0.15, 0.2) is 53.0 Å². The van der Waals surface area contributed by atoms with Crippen LogP contribution in [-0.2, 0) is 11.3 Å². The third kappa shape index (κ3) is 4.60. The van der Waals surface area contributed by atoms with E-state index in [0.717, 1.165) is 21.3 Å². The quantitative estimate of drug-likeness (QED) is 0.849. The summed E-state index contributed by atoms with van der Waals surface area (Å²) in [6, 6.07) is 16.2. The summed E-state index contributed by atoms with van der Waals surface area (Å²) in [7, 11) is 0. The molecule has 0 spiro atoms. The Balaban J connectivity index is 2.21. The Morgan fingerprint density at radius 2 is 1.81 bits per heavy atom. The van der Waals surface area contributed by atoms with Gasteiger partial charge in [-0.1, -0.05) is 46.3 Å². The first-order chi connectivity index (χ1) is 10.1. The van der Waals surface area contributed by atoms with Crippen molar-refractivity contribution in [1.82, 2.24) is 0 Å². The lowest BCUT2D eigenvalue weighted by Crippen LogP contribution is -2.26. The molecule has 21 heavy (non-hydrogen) atoms. The predicted molar refractivity (Wildman–Crippen MR) is 88.6 cm³/mol. The third-order valence-corrected chi connectivity index (χ3v) is 3.87. The number of anilines is 1. The number of hydrogen-bond acceptors (Lipinski definition) is 2. The van der Waals surface area contributed by atoms with Crippen molar-refractivity contribution in [1.29, 1.82) is 0 Å². The Morgan fingerprint density at radius 1 is 1.14 bits per heavy atom. The van der Waals surface area contributed by atoms with E-state index in [4.69, 9.17) is 5.11 Å². The van der Waals surface area contributed by atoms with Crippen molar-refractivity contribution < 1.29 is 9.90 Å². The number of hydrogen-bond donors (Lipinski definition) is 1. The van der Waals surface area contributed by atoms with Gasteiger partial charge in [0.05, 0.1) is 6.42 Å². The van der Waals surface area contributed by atoms with E-state index in [1.165, 1.54) is 0 Å². The van der Waals surface area contributed by atoms with E-state index in [2.05, 4.69) is 33.0 Å². The average Bonchev–Trinajstić information content (AvgIpc) is 2.46. The molecule has 1 N–H and O–H groups in total. The highest BCUT2D eigenvalue weighted by molar-refractivity contribution is 9.10. The Bertz CT molecular complexity index is 610. The number of carbonyl (C=O) groups is 1. The molecule has 0 bridgehead atoms. The van der Waals surface area contributed by atoms with E-state index in [-0.39, 0.29) is 6.42 Å². The van der Waals surface area contributed by atoms with Crippen molar-refractivity contribution in [3.8, 4) is 0 Å². The highest BCUT2D eigenvalue weighted by atomic mass is 79.9. The normalized spacial score (nSPS) is 10.4. The van der Waals surface area contributed by atoms with Gasteiger partial charge in [0, 0.05) is 23.2 Å². The first kappa shape index (κ1) is 15.6. The van der Waals surface area contributed by atoms with Crippen molar-refractivity contribution in [3.63, 3.8) is 0 Å². The lowest BCUT2D eigenvalue weighted by Gasteiger charge is -2.26. The molecule has 2 aromatic carbocycles. The van der Waals surface area contributed by atoms with Crippen molar-refractivity contribution in [2.24, 2.45) is 0 Å². The number of rotatable bonds is 6. The maximum absolute atomic E-state index is 10.9. The van der Waals surface area contributed by atoms with Gasteiger partial charge in [-0.3, -0.25) is 4.79 Å². The minimum Gasteiger partial charge on any atom is -0.481 e. The molecule has 0 saturated carbocycles. The summed E-state index contributed by atoms with van der Waals surface area (Å²) < 4.78 is 1.04. The zero-order valence-electron chi connectivity index (χ0n) is 11.9. The van der Waals surface area contributed by atoms with Crippen LogP contribution < -0.4 is 4.90 Å². The van der Waals surface area contributed by atoms with Crippen LogP contribution in [0.2, 0.25) is 0 Å². The van der Waals surface area contributed by atoms with Gasteiger partial charge < -0.3 is 10.0 Å². The first-order valence-corrected chi connectivity index (χ1v) is 7.62. The summed E-state index contributed by atoms with van der Waals surface area (Å²) in [5.41, 5.74) is 3.40. The lowest BCUT2D eigenvalue weighted by atomic mass is 10.1. The Morgan fingerprint density at radius 3 is 2.43 bits per heavy atom. The Labute approximate surface area is 133 Å². The summed E-state index contributed by atoms with van der Waals surface area (Å²) in [5, 5.41) is 8.95. The van der Waals surface area contributed by atoms with Crippen LogP contribution in [0.4, 0.5) is 5.69 Å². The van der Waals surface area contributed by atoms with Crippen LogP contribution in [0.5, 0.6) is 0 Å². The molecule has 4 heteroatoms. The molecule has 0 saturated heterocycles. The van der Waals surface area contributed by atoms with E-state index in [9.17, 15) is 4.79 Å². The number of carboxylic acids is 1. The van der Waals surface area contributed by atoms with Gasteiger partial charge in [-0.2, -0.15) is 0 Å². The van der Waals surface area contributed by atoms with Gasteiger partial charge in [0.1, 0.15) is 0 Å². The molecule has 0 aliphatic carbocycles. The van der Waals surface area contributed by atoms with Gasteiger partial charge in [-0.25, -0.2) is 0 Å². The van der Waals surface area contributed by atoms with E-state index >= 15 is 0 Å².